The predicted octanol–water partition coefficient (Wildman–Crippen LogP) is 6.21. The first kappa shape index (κ1) is 22.2. The molecule has 1 fully saturated rings. The first-order valence-corrected chi connectivity index (χ1v) is 11.7. The van der Waals surface area contributed by atoms with Gasteiger partial charge >= 0.3 is 0 Å². The molecule has 0 radical (unpaired) electrons. The van der Waals surface area contributed by atoms with Crippen molar-refractivity contribution in [3.63, 3.8) is 0 Å². The maximum absolute atomic E-state index is 13.4. The summed E-state index contributed by atoms with van der Waals surface area (Å²) in [6, 6.07) is 15.5. The second kappa shape index (κ2) is 10.0. The Morgan fingerprint density at radius 1 is 1.03 bits per heavy atom. The molecule has 0 aliphatic heterocycles. The fourth-order valence-corrected chi connectivity index (χ4v) is 5.10. The van der Waals surface area contributed by atoms with Crippen molar-refractivity contribution in [2.45, 2.75) is 44.6 Å². The van der Waals surface area contributed by atoms with Crippen LogP contribution in [0.2, 0.25) is 0 Å². The van der Waals surface area contributed by atoms with Crippen LogP contribution in [0.3, 0.4) is 0 Å². The third-order valence-electron chi connectivity index (χ3n) is 6.35. The minimum Gasteiger partial charge on any atom is -0.339 e. The van der Waals surface area contributed by atoms with E-state index >= 15 is 0 Å². The summed E-state index contributed by atoms with van der Waals surface area (Å²) < 4.78 is 20.0. The molecule has 31 heavy (non-hydrogen) atoms. The molecule has 1 saturated carbocycles. The highest BCUT2D eigenvalue weighted by Gasteiger charge is 2.30. The van der Waals surface area contributed by atoms with Crippen molar-refractivity contribution >= 4 is 15.9 Å². The minimum atomic E-state index is -0.177. The highest BCUT2D eigenvalue weighted by Crippen LogP contribution is 2.40. The number of benzene rings is 2. The van der Waals surface area contributed by atoms with Crippen LogP contribution in [-0.4, -0.2) is 29.1 Å². The van der Waals surface area contributed by atoms with E-state index in [2.05, 4.69) is 57.2 Å². The van der Waals surface area contributed by atoms with Crippen molar-refractivity contribution in [2.24, 2.45) is 11.8 Å². The average molecular weight is 486 g/mol. The molecule has 1 unspecified atom stereocenters. The fourth-order valence-electron chi connectivity index (χ4n) is 4.84. The van der Waals surface area contributed by atoms with Gasteiger partial charge in [-0.15, -0.1) is 0 Å². The molecule has 1 aliphatic carbocycles. The Bertz CT molecular complexity index is 963. The molecule has 0 N–H and O–H groups in total. The van der Waals surface area contributed by atoms with E-state index in [1.165, 1.54) is 11.1 Å². The lowest BCUT2D eigenvalue weighted by Crippen LogP contribution is -2.30. The van der Waals surface area contributed by atoms with Crippen molar-refractivity contribution in [3.05, 3.63) is 81.7 Å². The van der Waals surface area contributed by atoms with Crippen LogP contribution in [0.5, 0.6) is 0 Å². The van der Waals surface area contributed by atoms with E-state index in [0.29, 0.717) is 24.3 Å². The molecule has 1 heterocycles. The minimum absolute atomic E-state index is 0.177. The maximum Gasteiger partial charge on any atom is 0.226 e. The molecule has 1 aromatic heterocycles. The van der Waals surface area contributed by atoms with Gasteiger partial charge in [0.1, 0.15) is 5.82 Å². The van der Waals surface area contributed by atoms with E-state index in [1.807, 2.05) is 24.3 Å². The van der Waals surface area contributed by atoms with Gasteiger partial charge in [-0.3, -0.25) is 0 Å². The van der Waals surface area contributed by atoms with Gasteiger partial charge in [-0.2, -0.15) is 4.98 Å². The third-order valence-corrected chi connectivity index (χ3v) is 6.88. The van der Waals surface area contributed by atoms with Crippen molar-refractivity contribution in [1.29, 1.82) is 0 Å². The summed E-state index contributed by atoms with van der Waals surface area (Å²) in [5.74, 6) is 2.47. The van der Waals surface area contributed by atoms with E-state index in [1.54, 1.807) is 12.1 Å². The van der Waals surface area contributed by atoms with Crippen LogP contribution in [0, 0.1) is 17.7 Å². The van der Waals surface area contributed by atoms with Crippen LogP contribution >= 0.6 is 15.9 Å². The third kappa shape index (κ3) is 5.80. The van der Waals surface area contributed by atoms with Crippen molar-refractivity contribution < 1.29 is 8.91 Å². The lowest BCUT2D eigenvalue weighted by Gasteiger charge is -2.37. The van der Waals surface area contributed by atoms with Gasteiger partial charge in [-0.25, -0.2) is 4.39 Å². The number of hydrogen-bond donors (Lipinski definition) is 0. The van der Waals surface area contributed by atoms with E-state index in [-0.39, 0.29) is 5.82 Å². The summed E-state index contributed by atoms with van der Waals surface area (Å²) in [6.07, 6.45) is 6.16. The molecule has 0 bridgehead atoms. The van der Waals surface area contributed by atoms with Crippen LogP contribution < -0.4 is 0 Å². The smallest absolute Gasteiger partial charge is 0.226 e. The maximum atomic E-state index is 13.4. The molecular formula is C25H29BrFN3O. The van der Waals surface area contributed by atoms with Gasteiger partial charge in [-0.05, 0) is 87.0 Å². The summed E-state index contributed by atoms with van der Waals surface area (Å²) in [6.45, 7) is 0. The topological polar surface area (TPSA) is 42.2 Å². The largest absolute Gasteiger partial charge is 0.339 e. The summed E-state index contributed by atoms with van der Waals surface area (Å²) >= 11 is 3.46. The molecule has 0 amide bonds. The van der Waals surface area contributed by atoms with Gasteiger partial charge in [0.05, 0.1) is 0 Å². The average Bonchev–Trinajstić information content (AvgIpc) is 3.19. The molecule has 1 aliphatic rings. The highest BCUT2D eigenvalue weighted by molar-refractivity contribution is 9.10. The number of rotatable bonds is 7. The Morgan fingerprint density at radius 2 is 1.71 bits per heavy atom. The number of aromatic nitrogens is 2. The lowest BCUT2D eigenvalue weighted by molar-refractivity contribution is 0.146. The first-order chi connectivity index (χ1) is 15.0. The molecule has 3 aromatic rings. The Hall–Kier alpha value is -2.05. The summed E-state index contributed by atoms with van der Waals surface area (Å²) in [5.41, 5.74) is 2.37. The molecule has 2 aromatic carbocycles. The predicted molar refractivity (Wildman–Crippen MR) is 123 cm³/mol. The van der Waals surface area contributed by atoms with Gasteiger partial charge in [0.25, 0.3) is 0 Å². The molecule has 0 saturated heterocycles. The van der Waals surface area contributed by atoms with Gasteiger partial charge < -0.3 is 9.42 Å². The van der Waals surface area contributed by atoms with Crippen molar-refractivity contribution in [3.8, 4) is 0 Å². The second-order valence-electron chi connectivity index (χ2n) is 8.85. The Kier molecular flexibility index (Phi) is 7.18. The Labute approximate surface area is 192 Å². The fraction of sp³-hybridized carbons (Fsp3) is 0.440. The first-order valence-electron chi connectivity index (χ1n) is 11.0. The summed E-state index contributed by atoms with van der Waals surface area (Å²) in [7, 11) is 4.23. The number of hydrogen-bond acceptors (Lipinski definition) is 4. The van der Waals surface area contributed by atoms with Crippen LogP contribution in [0.1, 0.15) is 54.6 Å². The zero-order valence-electron chi connectivity index (χ0n) is 18.1. The SMILES string of the molecule is CN(C)C(c1ccc(F)cc1)C1CCC(Cc2nc(Cc3ccc(Br)cc3)no2)CC1. The number of halogens is 2. The molecule has 1 atom stereocenters. The zero-order chi connectivity index (χ0) is 21.8. The summed E-state index contributed by atoms with van der Waals surface area (Å²) in [5, 5.41) is 4.18. The van der Waals surface area contributed by atoms with E-state index in [0.717, 1.165) is 48.3 Å². The van der Waals surface area contributed by atoms with Crippen LogP contribution in [0.15, 0.2) is 57.5 Å². The molecule has 4 nitrogen and oxygen atoms in total. The van der Waals surface area contributed by atoms with Gasteiger partial charge in [-0.1, -0.05) is 45.4 Å². The van der Waals surface area contributed by atoms with Gasteiger partial charge in [0, 0.05) is 23.4 Å². The summed E-state index contributed by atoms with van der Waals surface area (Å²) in [4.78, 5) is 6.90. The van der Waals surface area contributed by atoms with Gasteiger partial charge in [0.15, 0.2) is 5.82 Å². The Balaban J connectivity index is 1.32. The molecular weight excluding hydrogens is 457 g/mol. The lowest BCUT2D eigenvalue weighted by atomic mass is 9.75. The molecule has 4 rings (SSSR count). The monoisotopic (exact) mass is 485 g/mol. The highest BCUT2D eigenvalue weighted by atomic mass is 79.9. The molecule has 0 spiro atoms. The van der Waals surface area contributed by atoms with Crippen LogP contribution in [0.25, 0.3) is 0 Å². The van der Waals surface area contributed by atoms with E-state index in [4.69, 9.17) is 4.52 Å². The van der Waals surface area contributed by atoms with Crippen LogP contribution in [0.4, 0.5) is 4.39 Å². The normalized spacial score (nSPS) is 20.2. The second-order valence-corrected chi connectivity index (χ2v) is 9.77. The van der Waals surface area contributed by atoms with Crippen molar-refractivity contribution in [1.82, 2.24) is 15.0 Å². The van der Waals surface area contributed by atoms with Gasteiger partial charge in [0.2, 0.25) is 5.89 Å². The quantitative estimate of drug-likeness (QED) is 0.398. The zero-order valence-corrected chi connectivity index (χ0v) is 19.7. The Morgan fingerprint density at radius 3 is 2.35 bits per heavy atom. The number of nitrogens with zero attached hydrogens (tertiary/aromatic N) is 3. The van der Waals surface area contributed by atoms with Crippen LogP contribution in [-0.2, 0) is 12.8 Å². The van der Waals surface area contributed by atoms with Crippen molar-refractivity contribution in [2.75, 3.05) is 14.1 Å². The van der Waals surface area contributed by atoms with E-state index < -0.39 is 0 Å². The molecule has 6 heteroatoms. The molecule has 164 valence electrons. The van der Waals surface area contributed by atoms with E-state index in [9.17, 15) is 4.39 Å². The standard InChI is InChI=1S/C25H29BrFN3O/c1-30(2)25(20-9-13-22(27)14-10-20)19-7-3-18(4-8-19)16-24-28-23(29-31-24)15-17-5-11-21(26)12-6-17/h5-6,9-14,18-19,25H,3-4,7-8,15-16H2,1-2H3.